The Kier molecular flexibility index (Phi) is 2.98. The van der Waals surface area contributed by atoms with E-state index in [1.54, 1.807) is 31.4 Å². The average Bonchev–Trinajstić information content (AvgIpc) is 3.06. The van der Waals surface area contributed by atoms with E-state index in [-0.39, 0.29) is 5.78 Å². The fraction of sp³-hybridized carbons (Fsp3) is 0.105. The van der Waals surface area contributed by atoms with Gasteiger partial charge in [0, 0.05) is 35.8 Å². The summed E-state index contributed by atoms with van der Waals surface area (Å²) in [5, 5.41) is 1.09. The lowest BCUT2D eigenvalue weighted by Crippen LogP contribution is -1.97. The summed E-state index contributed by atoms with van der Waals surface area (Å²) < 4.78 is 13.0. The lowest BCUT2D eigenvalue weighted by Gasteiger charge is -2.01. The molecule has 2 aromatic carbocycles. The lowest BCUT2D eigenvalue weighted by molar-refractivity contribution is 0.101. The van der Waals surface area contributed by atoms with Crippen LogP contribution in [0.3, 0.4) is 0 Å². The van der Waals surface area contributed by atoms with Gasteiger partial charge in [-0.2, -0.15) is 0 Å². The maximum Gasteiger partial charge on any atom is 0.231 e. The van der Waals surface area contributed by atoms with E-state index in [1.807, 2.05) is 42.1 Å². The van der Waals surface area contributed by atoms with Crippen LogP contribution >= 0.6 is 0 Å². The maximum atomic E-state index is 12.5. The molecule has 0 spiro atoms. The number of carbonyl (C=O) groups is 1. The minimum atomic E-state index is -0.101. The van der Waals surface area contributed by atoms with Gasteiger partial charge < -0.3 is 14.0 Å². The number of rotatable bonds is 2. The van der Waals surface area contributed by atoms with Crippen molar-refractivity contribution in [3.8, 4) is 11.5 Å². The van der Waals surface area contributed by atoms with Crippen LogP contribution < -0.4 is 9.47 Å². The molecular formula is C19H15NO3. The highest BCUT2D eigenvalue weighted by Gasteiger charge is 2.28. The number of Topliss-reactive ketones (excluding diaryl/α,β-unsaturated/α-hetero) is 1. The van der Waals surface area contributed by atoms with Crippen molar-refractivity contribution in [1.29, 1.82) is 0 Å². The Morgan fingerprint density at radius 3 is 2.83 bits per heavy atom. The molecule has 3 aromatic rings. The second kappa shape index (κ2) is 5.02. The van der Waals surface area contributed by atoms with Crippen LogP contribution in [-0.2, 0) is 7.05 Å². The second-order valence-electron chi connectivity index (χ2n) is 5.51. The zero-order valence-corrected chi connectivity index (χ0v) is 12.9. The number of carbonyl (C=O) groups excluding carboxylic acids is 1. The Morgan fingerprint density at radius 1 is 1.17 bits per heavy atom. The van der Waals surface area contributed by atoms with Gasteiger partial charge in [0.15, 0.2) is 5.76 Å². The third kappa shape index (κ3) is 2.11. The largest absolute Gasteiger partial charge is 0.497 e. The van der Waals surface area contributed by atoms with E-state index in [1.165, 1.54) is 0 Å². The van der Waals surface area contributed by atoms with Crippen molar-refractivity contribution < 1.29 is 14.3 Å². The van der Waals surface area contributed by atoms with Crippen molar-refractivity contribution in [1.82, 2.24) is 4.57 Å². The predicted octanol–water partition coefficient (Wildman–Crippen LogP) is 3.80. The molecule has 1 aliphatic rings. The number of hydrogen-bond acceptors (Lipinski definition) is 3. The Bertz CT molecular complexity index is 966. The molecule has 1 aromatic heterocycles. The zero-order chi connectivity index (χ0) is 16.0. The molecular weight excluding hydrogens is 290 g/mol. The molecule has 0 unspecified atom stereocenters. The number of aryl methyl sites for hydroxylation is 1. The molecule has 0 radical (unpaired) electrons. The van der Waals surface area contributed by atoms with Crippen molar-refractivity contribution in [3.63, 3.8) is 0 Å². The highest BCUT2D eigenvalue weighted by Crippen LogP contribution is 2.35. The average molecular weight is 305 g/mol. The first-order valence-corrected chi connectivity index (χ1v) is 7.34. The number of methoxy groups -OCH3 is 1. The van der Waals surface area contributed by atoms with E-state index < -0.39 is 0 Å². The van der Waals surface area contributed by atoms with Gasteiger partial charge in [-0.25, -0.2) is 0 Å². The SMILES string of the molecule is COc1ccc2c(c1)O/C(=C/c1cn(C)c3ccccc13)C2=O. The predicted molar refractivity (Wildman–Crippen MR) is 88.8 cm³/mol. The number of allylic oxidation sites excluding steroid dienone is 1. The third-order valence-electron chi connectivity index (χ3n) is 4.09. The molecule has 0 saturated carbocycles. The quantitative estimate of drug-likeness (QED) is 0.676. The molecule has 0 fully saturated rings. The molecule has 4 rings (SSSR count). The monoisotopic (exact) mass is 305 g/mol. The smallest absolute Gasteiger partial charge is 0.231 e. The summed E-state index contributed by atoms with van der Waals surface area (Å²) >= 11 is 0. The summed E-state index contributed by atoms with van der Waals surface area (Å²) in [4.78, 5) is 12.5. The molecule has 4 heteroatoms. The molecule has 0 saturated heterocycles. The maximum absolute atomic E-state index is 12.5. The van der Waals surface area contributed by atoms with E-state index in [0.717, 1.165) is 16.5 Å². The van der Waals surface area contributed by atoms with Gasteiger partial charge in [0.05, 0.1) is 12.7 Å². The molecule has 0 atom stereocenters. The van der Waals surface area contributed by atoms with Crippen molar-refractivity contribution in [2.45, 2.75) is 0 Å². The number of benzene rings is 2. The summed E-state index contributed by atoms with van der Waals surface area (Å²) in [5.74, 6) is 1.45. The number of fused-ring (bicyclic) bond motifs is 2. The van der Waals surface area contributed by atoms with Crippen LogP contribution in [0.2, 0.25) is 0 Å². The van der Waals surface area contributed by atoms with Gasteiger partial charge in [0.1, 0.15) is 11.5 Å². The van der Waals surface area contributed by atoms with E-state index in [9.17, 15) is 4.79 Å². The van der Waals surface area contributed by atoms with Gasteiger partial charge in [-0.05, 0) is 24.3 Å². The minimum absolute atomic E-state index is 0.101. The zero-order valence-electron chi connectivity index (χ0n) is 12.9. The Balaban J connectivity index is 1.79. The van der Waals surface area contributed by atoms with Gasteiger partial charge in [-0.3, -0.25) is 4.79 Å². The molecule has 0 amide bonds. The van der Waals surface area contributed by atoms with Crippen LogP contribution in [0, 0.1) is 0 Å². The molecule has 0 aliphatic carbocycles. The van der Waals surface area contributed by atoms with E-state index in [2.05, 4.69) is 0 Å². The van der Waals surface area contributed by atoms with Crippen LogP contribution in [0.5, 0.6) is 11.5 Å². The number of ether oxygens (including phenoxy) is 2. The first-order valence-electron chi connectivity index (χ1n) is 7.34. The molecule has 0 bridgehead atoms. The van der Waals surface area contributed by atoms with Crippen molar-refractivity contribution in [2.24, 2.45) is 7.05 Å². The summed E-state index contributed by atoms with van der Waals surface area (Å²) in [6.07, 6.45) is 3.80. The van der Waals surface area contributed by atoms with Gasteiger partial charge in [0.25, 0.3) is 0 Å². The molecule has 114 valence electrons. The van der Waals surface area contributed by atoms with Gasteiger partial charge >= 0.3 is 0 Å². The summed E-state index contributed by atoms with van der Waals surface area (Å²) in [6.45, 7) is 0. The Hall–Kier alpha value is -3.01. The lowest BCUT2D eigenvalue weighted by atomic mass is 10.1. The standard InChI is InChI=1S/C19H15NO3/c1-20-11-12(14-5-3-4-6-16(14)20)9-18-19(21)15-8-7-13(22-2)10-17(15)23-18/h3-11H,1-2H3/b18-9+. The first kappa shape index (κ1) is 13.6. The number of hydrogen-bond donors (Lipinski definition) is 0. The minimum Gasteiger partial charge on any atom is -0.497 e. The molecule has 0 N–H and O–H groups in total. The highest BCUT2D eigenvalue weighted by molar-refractivity contribution is 6.15. The summed E-state index contributed by atoms with van der Waals surface area (Å²) in [6, 6.07) is 13.3. The van der Waals surface area contributed by atoms with Crippen LogP contribution in [0.15, 0.2) is 54.4 Å². The number of nitrogens with zero attached hydrogens (tertiary/aromatic N) is 1. The fourth-order valence-corrected chi connectivity index (χ4v) is 2.92. The topological polar surface area (TPSA) is 40.5 Å². The fourth-order valence-electron chi connectivity index (χ4n) is 2.92. The second-order valence-corrected chi connectivity index (χ2v) is 5.51. The Morgan fingerprint density at radius 2 is 2.00 bits per heavy atom. The normalized spacial score (nSPS) is 15.0. The molecule has 4 nitrogen and oxygen atoms in total. The van der Waals surface area contributed by atoms with Crippen LogP contribution in [0.25, 0.3) is 17.0 Å². The first-order chi connectivity index (χ1) is 11.2. The van der Waals surface area contributed by atoms with Crippen molar-refractivity contribution in [3.05, 3.63) is 65.5 Å². The summed E-state index contributed by atoms with van der Waals surface area (Å²) in [5.41, 5.74) is 2.65. The van der Waals surface area contributed by atoms with Crippen LogP contribution in [0.4, 0.5) is 0 Å². The van der Waals surface area contributed by atoms with E-state index in [0.29, 0.717) is 22.8 Å². The highest BCUT2D eigenvalue weighted by atomic mass is 16.5. The van der Waals surface area contributed by atoms with Crippen LogP contribution in [0.1, 0.15) is 15.9 Å². The van der Waals surface area contributed by atoms with Crippen LogP contribution in [-0.4, -0.2) is 17.5 Å². The van der Waals surface area contributed by atoms with Gasteiger partial charge in [-0.15, -0.1) is 0 Å². The van der Waals surface area contributed by atoms with Crippen molar-refractivity contribution >= 4 is 22.8 Å². The van der Waals surface area contributed by atoms with E-state index in [4.69, 9.17) is 9.47 Å². The number of aromatic nitrogens is 1. The van der Waals surface area contributed by atoms with Gasteiger partial charge in [0.2, 0.25) is 5.78 Å². The van der Waals surface area contributed by atoms with Crippen molar-refractivity contribution in [2.75, 3.05) is 7.11 Å². The Labute approximate surface area is 133 Å². The number of ketones is 1. The van der Waals surface area contributed by atoms with Gasteiger partial charge in [-0.1, -0.05) is 18.2 Å². The number of para-hydroxylation sites is 1. The molecule has 2 heterocycles. The summed E-state index contributed by atoms with van der Waals surface area (Å²) in [7, 11) is 3.58. The molecule has 23 heavy (non-hydrogen) atoms. The molecule has 1 aliphatic heterocycles. The van der Waals surface area contributed by atoms with E-state index >= 15 is 0 Å². The third-order valence-corrected chi connectivity index (χ3v) is 4.09.